The summed E-state index contributed by atoms with van der Waals surface area (Å²) in [6, 6.07) is 0. The van der Waals surface area contributed by atoms with Crippen molar-refractivity contribution in [3.63, 3.8) is 0 Å². The van der Waals surface area contributed by atoms with Gasteiger partial charge in [0.25, 0.3) is 0 Å². The summed E-state index contributed by atoms with van der Waals surface area (Å²) in [4.78, 5) is 11.7. The molecular weight excluding hydrogens is 716 g/mol. The van der Waals surface area contributed by atoms with Gasteiger partial charge >= 0.3 is 5.97 Å². The Bertz CT molecular complexity index is 458. The Hall–Kier alpha value is 2.09. The summed E-state index contributed by atoms with van der Waals surface area (Å²) in [5.41, 5.74) is 0.0854. The van der Waals surface area contributed by atoms with Gasteiger partial charge in [-0.1, -0.05) is 130 Å². The van der Waals surface area contributed by atoms with Crippen molar-refractivity contribution >= 4 is 102 Å². The molecule has 8 heteroatoms. The molecule has 0 atom stereocenters. The van der Waals surface area contributed by atoms with Crippen molar-refractivity contribution in [1.29, 1.82) is 0 Å². The highest BCUT2D eigenvalue weighted by atomic mass is 79.9. The van der Waals surface area contributed by atoms with Gasteiger partial charge in [-0.25, -0.2) is 4.79 Å². The molecular formula is C17H25Br6O2. The molecule has 0 heterocycles. The van der Waals surface area contributed by atoms with Crippen LogP contribution in [0.4, 0.5) is 0 Å². The normalized spacial score (nSPS) is 13.9. The van der Waals surface area contributed by atoms with Gasteiger partial charge in [0.05, 0.1) is 13.1 Å². The summed E-state index contributed by atoms with van der Waals surface area (Å²) >= 11 is 22.8. The van der Waals surface area contributed by atoms with Crippen LogP contribution in [-0.2, 0) is 9.53 Å². The zero-order valence-electron chi connectivity index (χ0n) is 15.1. The molecule has 0 aromatic rings. The van der Waals surface area contributed by atoms with Crippen molar-refractivity contribution in [3.05, 3.63) is 18.1 Å². The molecule has 2 nitrogen and oxygen atoms in total. The van der Waals surface area contributed by atoms with Gasteiger partial charge in [0.15, 0.2) is 0 Å². The van der Waals surface area contributed by atoms with Crippen molar-refractivity contribution in [1.82, 2.24) is 0 Å². The van der Waals surface area contributed by atoms with E-state index >= 15 is 0 Å². The number of hydrogen-bond acceptors (Lipinski definition) is 2. The van der Waals surface area contributed by atoms with Crippen LogP contribution in [0.2, 0.25) is 0 Å². The summed E-state index contributed by atoms with van der Waals surface area (Å²) in [7, 11) is 0. The molecule has 0 saturated carbocycles. The Balaban J connectivity index is 5.76. The van der Waals surface area contributed by atoms with Crippen LogP contribution in [0.1, 0.15) is 41.0 Å². The molecule has 147 valence electrons. The van der Waals surface area contributed by atoms with E-state index in [4.69, 9.17) is 4.74 Å². The summed E-state index contributed by atoms with van der Waals surface area (Å²) in [6.45, 7) is 14.2. The molecule has 0 unspecified atom stereocenters. The number of ether oxygens (including phenoxy) is 1. The second-order valence-electron chi connectivity index (χ2n) is 7.33. The highest BCUT2D eigenvalue weighted by molar-refractivity contribution is 9.26. The van der Waals surface area contributed by atoms with E-state index < -0.39 is 6.47 Å². The smallest absolute Gasteiger partial charge is 0.333 e. The fourth-order valence-corrected chi connectivity index (χ4v) is 7.82. The minimum Gasteiger partial charge on any atom is -0.462 e. The average Bonchev–Trinajstić information content (AvgIpc) is 2.49. The first-order valence-corrected chi connectivity index (χ1v) is 13.1. The Morgan fingerprint density at radius 3 is 1.56 bits per heavy atom. The molecule has 0 aliphatic rings. The largest absolute Gasteiger partial charge is 0.462 e. The third-order valence-electron chi connectivity index (χ3n) is 4.06. The fraction of sp³-hybridized carbons (Fsp3) is 0.765. The fourth-order valence-electron chi connectivity index (χ4n) is 1.86. The Morgan fingerprint density at radius 2 is 1.28 bits per heavy atom. The number of hydrogen-bond donors (Lipinski definition) is 0. The van der Waals surface area contributed by atoms with Gasteiger partial charge in [0.1, 0.15) is 0 Å². The maximum Gasteiger partial charge on any atom is 0.333 e. The third kappa shape index (κ3) is 6.55. The van der Waals surface area contributed by atoms with E-state index in [2.05, 4.69) is 130 Å². The first kappa shape index (κ1) is 27.1. The lowest BCUT2D eigenvalue weighted by atomic mass is 9.75. The quantitative estimate of drug-likeness (QED) is 0.130. The second-order valence-corrected chi connectivity index (χ2v) is 15.3. The van der Waals surface area contributed by atoms with Crippen molar-refractivity contribution in [2.75, 3.05) is 17.3 Å². The molecule has 0 aromatic carbocycles. The Kier molecular flexibility index (Phi) is 11.1. The standard InChI is InChI=1S/C17H25Br6O2/c1-11(2)13(24)25-8-7-12(16(20,21)14(3,4)9-18)17(22,23)15(5,6)10-19/h1,7-10H2,2-6H3. The van der Waals surface area contributed by atoms with E-state index in [0.29, 0.717) is 12.0 Å². The van der Waals surface area contributed by atoms with E-state index in [-0.39, 0.29) is 23.4 Å². The van der Waals surface area contributed by atoms with Crippen LogP contribution in [0.15, 0.2) is 12.2 Å². The maximum atomic E-state index is 11.7. The van der Waals surface area contributed by atoms with E-state index in [9.17, 15) is 4.79 Å². The first-order chi connectivity index (χ1) is 11.1. The number of esters is 1. The molecule has 0 spiro atoms. The van der Waals surface area contributed by atoms with E-state index in [1.165, 1.54) is 0 Å². The molecule has 0 saturated heterocycles. The van der Waals surface area contributed by atoms with Crippen molar-refractivity contribution in [2.45, 2.75) is 47.5 Å². The van der Waals surface area contributed by atoms with Crippen LogP contribution < -0.4 is 0 Å². The summed E-state index contributed by atoms with van der Waals surface area (Å²) in [5, 5.41) is 1.55. The topological polar surface area (TPSA) is 26.3 Å². The van der Waals surface area contributed by atoms with E-state index in [1.54, 1.807) is 6.92 Å². The molecule has 0 fully saturated rings. The van der Waals surface area contributed by atoms with Gasteiger partial charge in [0, 0.05) is 33.0 Å². The zero-order chi connectivity index (χ0) is 20.3. The van der Waals surface area contributed by atoms with Crippen LogP contribution >= 0.6 is 95.6 Å². The van der Waals surface area contributed by atoms with Gasteiger partial charge < -0.3 is 4.74 Å². The Labute approximate surface area is 202 Å². The first-order valence-electron chi connectivity index (χ1n) is 7.65. The van der Waals surface area contributed by atoms with Gasteiger partial charge in [-0.3, -0.25) is 0 Å². The summed E-state index contributed by atoms with van der Waals surface area (Å²) < 4.78 is 4.35. The molecule has 0 aliphatic carbocycles. The highest BCUT2D eigenvalue weighted by Gasteiger charge is 2.58. The third-order valence-corrected chi connectivity index (χ3v) is 13.1. The SMILES string of the molecule is C=C(C)C(=O)OCC[C](C(Br)(Br)C(C)(C)CBr)C(Br)(Br)C(C)(C)CBr. The number of halogens is 6. The van der Waals surface area contributed by atoms with E-state index in [0.717, 1.165) is 16.6 Å². The molecule has 0 amide bonds. The molecule has 1 radical (unpaired) electrons. The van der Waals surface area contributed by atoms with Gasteiger partial charge in [-0.05, 0) is 13.3 Å². The monoisotopic (exact) mass is 735 g/mol. The predicted molar refractivity (Wildman–Crippen MR) is 130 cm³/mol. The van der Waals surface area contributed by atoms with Crippen LogP contribution in [0.3, 0.4) is 0 Å². The molecule has 0 bridgehead atoms. The lowest BCUT2D eigenvalue weighted by molar-refractivity contribution is -0.138. The lowest BCUT2D eigenvalue weighted by Crippen LogP contribution is -2.52. The summed E-state index contributed by atoms with van der Waals surface area (Å²) in [5.74, 6) is 0.728. The van der Waals surface area contributed by atoms with Gasteiger partial charge in [-0.15, -0.1) is 0 Å². The lowest BCUT2D eigenvalue weighted by Gasteiger charge is -2.51. The number of alkyl halides is 6. The van der Waals surface area contributed by atoms with Gasteiger partial charge in [0.2, 0.25) is 0 Å². The van der Waals surface area contributed by atoms with Crippen LogP contribution in [0.25, 0.3) is 0 Å². The molecule has 0 N–H and O–H groups in total. The number of carbonyl (C=O) groups is 1. The van der Waals surface area contributed by atoms with Gasteiger partial charge in [-0.2, -0.15) is 0 Å². The highest BCUT2D eigenvalue weighted by Crippen LogP contribution is 2.63. The van der Waals surface area contributed by atoms with Crippen molar-refractivity contribution < 1.29 is 9.53 Å². The number of rotatable bonds is 10. The van der Waals surface area contributed by atoms with Crippen molar-refractivity contribution in [3.8, 4) is 0 Å². The second kappa shape index (κ2) is 10.2. The Morgan fingerprint density at radius 1 is 0.920 bits per heavy atom. The van der Waals surface area contributed by atoms with Crippen LogP contribution in [0.5, 0.6) is 0 Å². The predicted octanol–water partition coefficient (Wildman–Crippen LogP) is 7.88. The van der Waals surface area contributed by atoms with E-state index in [1.807, 2.05) is 0 Å². The molecule has 0 aromatic heterocycles. The zero-order valence-corrected chi connectivity index (χ0v) is 24.6. The minimum absolute atomic E-state index is 0.157. The number of carbonyl (C=O) groups excluding carboxylic acids is 1. The average molecular weight is 741 g/mol. The molecule has 0 rings (SSSR count). The molecule has 0 aliphatic heterocycles. The molecule has 25 heavy (non-hydrogen) atoms. The minimum atomic E-state index is -0.501. The van der Waals surface area contributed by atoms with Crippen LogP contribution in [0, 0.1) is 16.7 Å². The van der Waals surface area contributed by atoms with Crippen LogP contribution in [-0.4, -0.2) is 29.7 Å². The summed E-state index contributed by atoms with van der Waals surface area (Å²) in [6.07, 6.45) is 0.568. The maximum absolute atomic E-state index is 11.7. The van der Waals surface area contributed by atoms with Crippen molar-refractivity contribution in [2.24, 2.45) is 10.8 Å².